The smallest absolute Gasteiger partial charge is 0.367 e. The maximum Gasteiger partial charge on any atom is 0.389 e. The van der Waals surface area contributed by atoms with Crippen LogP contribution in [-0.2, 0) is 0 Å². The zero-order chi connectivity index (χ0) is 9.78. The summed E-state index contributed by atoms with van der Waals surface area (Å²) in [4.78, 5) is 0. The molecule has 1 unspecified atom stereocenters. The number of aliphatic hydroxyl groups is 2. The molecule has 0 aliphatic heterocycles. The molecule has 0 spiro atoms. The molecule has 0 saturated carbocycles. The molecule has 0 aromatic heterocycles. The van der Waals surface area contributed by atoms with Crippen molar-refractivity contribution in [3.05, 3.63) is 0 Å². The lowest BCUT2D eigenvalue weighted by Gasteiger charge is -2.13. The molecule has 0 aromatic carbocycles. The Bertz CT molecular complexity index is 126. The molecular weight excluding hydrogens is 175 g/mol. The highest BCUT2D eigenvalue weighted by molar-refractivity contribution is 4.63. The van der Waals surface area contributed by atoms with Gasteiger partial charge in [0.05, 0.1) is 6.04 Å². The molecule has 1 atom stereocenters. The first-order valence-corrected chi connectivity index (χ1v) is 3.51. The Morgan fingerprint density at radius 1 is 1.25 bits per heavy atom. The minimum atomic E-state index is -4.19. The molecule has 74 valence electrons. The number of hydrogen-bond acceptors (Lipinski definition) is 3. The Hall–Kier alpha value is -0.330. The summed E-state index contributed by atoms with van der Waals surface area (Å²) in [7, 11) is 0. The van der Waals surface area contributed by atoms with Gasteiger partial charge in [-0.2, -0.15) is 13.2 Å². The van der Waals surface area contributed by atoms with Crippen molar-refractivity contribution in [2.24, 2.45) is 5.73 Å². The van der Waals surface area contributed by atoms with Crippen molar-refractivity contribution >= 4 is 0 Å². The summed E-state index contributed by atoms with van der Waals surface area (Å²) < 4.78 is 34.6. The predicted octanol–water partition coefficient (Wildman–Crippen LogP) is 0.357. The molecule has 0 radical (unpaired) electrons. The van der Waals surface area contributed by atoms with Gasteiger partial charge in [-0.15, -0.1) is 0 Å². The van der Waals surface area contributed by atoms with E-state index in [1.165, 1.54) is 0 Å². The third-order valence-electron chi connectivity index (χ3n) is 1.38. The van der Waals surface area contributed by atoms with Gasteiger partial charge < -0.3 is 15.9 Å². The van der Waals surface area contributed by atoms with Crippen LogP contribution in [0.5, 0.6) is 0 Å². The van der Waals surface area contributed by atoms with E-state index in [4.69, 9.17) is 15.9 Å². The topological polar surface area (TPSA) is 66.5 Å². The number of halogens is 3. The molecule has 0 saturated heterocycles. The van der Waals surface area contributed by atoms with Gasteiger partial charge >= 0.3 is 6.18 Å². The number of rotatable bonds is 4. The molecule has 4 N–H and O–H groups in total. The van der Waals surface area contributed by atoms with Crippen molar-refractivity contribution in [2.75, 3.05) is 0 Å². The highest BCUT2D eigenvalue weighted by Crippen LogP contribution is 2.22. The van der Waals surface area contributed by atoms with Crippen LogP contribution in [0.15, 0.2) is 0 Å². The molecule has 0 bridgehead atoms. The molecule has 12 heavy (non-hydrogen) atoms. The van der Waals surface area contributed by atoms with E-state index < -0.39 is 24.9 Å². The summed E-state index contributed by atoms with van der Waals surface area (Å²) in [5.74, 6) is 0. The molecule has 0 fully saturated rings. The van der Waals surface area contributed by atoms with Crippen LogP contribution in [0.4, 0.5) is 13.2 Å². The van der Waals surface area contributed by atoms with Crippen LogP contribution in [-0.4, -0.2) is 28.7 Å². The summed E-state index contributed by atoms with van der Waals surface area (Å²) in [6, 6.07) is -0.993. The zero-order valence-electron chi connectivity index (χ0n) is 6.38. The number of aliphatic hydroxyl groups excluding tert-OH is 1. The molecule has 3 nitrogen and oxygen atoms in total. The van der Waals surface area contributed by atoms with Crippen molar-refractivity contribution in [1.29, 1.82) is 0 Å². The fraction of sp³-hybridized carbons (Fsp3) is 1.00. The number of nitrogens with two attached hydrogens (primary N) is 1. The Morgan fingerprint density at radius 2 is 1.75 bits per heavy atom. The van der Waals surface area contributed by atoms with Gasteiger partial charge in [-0.05, 0) is 12.8 Å². The lowest BCUT2D eigenvalue weighted by Crippen LogP contribution is -2.34. The Morgan fingerprint density at radius 3 is 2.08 bits per heavy atom. The first-order valence-electron chi connectivity index (χ1n) is 3.51. The quantitative estimate of drug-likeness (QED) is 0.556. The molecule has 0 heterocycles. The Labute approximate surface area is 68.0 Å². The fourth-order valence-electron chi connectivity index (χ4n) is 0.687. The summed E-state index contributed by atoms with van der Waals surface area (Å²) in [6.45, 7) is 0. The minimum absolute atomic E-state index is 0.0445. The van der Waals surface area contributed by atoms with Gasteiger partial charge in [-0.3, -0.25) is 0 Å². The summed E-state index contributed by atoms with van der Waals surface area (Å²) in [5, 5.41) is 16.8. The van der Waals surface area contributed by atoms with Gasteiger partial charge in [-0.25, -0.2) is 0 Å². The summed E-state index contributed by atoms with van der Waals surface area (Å²) >= 11 is 0. The Kier molecular flexibility index (Phi) is 4.51. The van der Waals surface area contributed by atoms with Gasteiger partial charge in [0.25, 0.3) is 0 Å². The molecule has 0 aliphatic rings. The first-order chi connectivity index (χ1) is 5.33. The molecule has 0 aliphatic carbocycles. The van der Waals surface area contributed by atoms with Crippen molar-refractivity contribution in [3.63, 3.8) is 0 Å². The molecule has 0 amide bonds. The van der Waals surface area contributed by atoms with Gasteiger partial charge in [0.1, 0.15) is 0 Å². The average Bonchev–Trinajstić information content (AvgIpc) is 1.84. The fourth-order valence-corrected chi connectivity index (χ4v) is 0.687. The summed E-state index contributed by atoms with van der Waals surface area (Å²) in [5.41, 5.74) is 5.08. The van der Waals surface area contributed by atoms with E-state index in [1.807, 2.05) is 0 Å². The largest absolute Gasteiger partial charge is 0.389 e. The second-order valence-corrected chi connectivity index (χ2v) is 2.58. The number of alkyl halides is 3. The maximum atomic E-state index is 11.5. The zero-order valence-corrected chi connectivity index (χ0v) is 6.38. The third kappa shape index (κ3) is 6.38. The van der Waals surface area contributed by atoms with E-state index in [-0.39, 0.29) is 12.8 Å². The van der Waals surface area contributed by atoms with Crippen LogP contribution in [0.1, 0.15) is 19.3 Å². The van der Waals surface area contributed by atoms with E-state index in [0.29, 0.717) is 0 Å². The van der Waals surface area contributed by atoms with Gasteiger partial charge in [-0.1, -0.05) is 0 Å². The monoisotopic (exact) mass is 187 g/mol. The highest BCUT2D eigenvalue weighted by Gasteiger charge is 2.26. The number of hydrogen-bond donors (Lipinski definition) is 3. The van der Waals surface area contributed by atoms with Crippen LogP contribution in [0.25, 0.3) is 0 Å². The van der Waals surface area contributed by atoms with E-state index in [2.05, 4.69) is 0 Å². The molecular formula is C6H12F3NO2. The third-order valence-corrected chi connectivity index (χ3v) is 1.38. The van der Waals surface area contributed by atoms with Crippen LogP contribution in [0.3, 0.4) is 0 Å². The molecule has 0 rings (SSSR count). The average molecular weight is 187 g/mol. The lowest BCUT2D eigenvalue weighted by atomic mass is 10.1. The van der Waals surface area contributed by atoms with E-state index in [1.54, 1.807) is 0 Å². The van der Waals surface area contributed by atoms with E-state index in [0.717, 1.165) is 0 Å². The highest BCUT2D eigenvalue weighted by atomic mass is 19.4. The van der Waals surface area contributed by atoms with E-state index >= 15 is 0 Å². The van der Waals surface area contributed by atoms with Crippen molar-refractivity contribution in [3.8, 4) is 0 Å². The second kappa shape index (κ2) is 4.64. The van der Waals surface area contributed by atoms with Crippen LogP contribution >= 0.6 is 0 Å². The second-order valence-electron chi connectivity index (χ2n) is 2.58. The van der Waals surface area contributed by atoms with Crippen molar-refractivity contribution < 1.29 is 23.4 Å². The van der Waals surface area contributed by atoms with Crippen LogP contribution in [0, 0.1) is 0 Å². The van der Waals surface area contributed by atoms with Gasteiger partial charge in [0.2, 0.25) is 0 Å². The Balaban J connectivity index is 3.44. The van der Waals surface area contributed by atoms with Crippen molar-refractivity contribution in [1.82, 2.24) is 0 Å². The summed E-state index contributed by atoms with van der Waals surface area (Å²) in [6.07, 6.45) is -7.09. The van der Waals surface area contributed by atoms with Crippen LogP contribution < -0.4 is 5.73 Å². The SMILES string of the molecule is NC(CCCC(F)(F)F)C(O)O. The normalized spacial score (nSPS) is 15.2. The molecule has 0 aromatic rings. The van der Waals surface area contributed by atoms with E-state index in [9.17, 15) is 13.2 Å². The lowest BCUT2D eigenvalue weighted by molar-refractivity contribution is -0.137. The van der Waals surface area contributed by atoms with Crippen molar-refractivity contribution in [2.45, 2.75) is 37.8 Å². The standard InChI is InChI=1S/C6H12F3NO2/c7-6(8,9)3-1-2-4(10)5(11)12/h4-5,11-12H,1-3,10H2. The maximum absolute atomic E-state index is 11.5. The van der Waals surface area contributed by atoms with Gasteiger partial charge in [0.15, 0.2) is 6.29 Å². The predicted molar refractivity (Wildman–Crippen MR) is 36.1 cm³/mol. The molecule has 6 heteroatoms. The van der Waals surface area contributed by atoms with Gasteiger partial charge in [0, 0.05) is 6.42 Å². The minimum Gasteiger partial charge on any atom is -0.367 e. The first kappa shape index (κ1) is 11.7. The van der Waals surface area contributed by atoms with Crippen LogP contribution in [0.2, 0.25) is 0 Å².